The number of guanidine groups is 1. The molecule has 27 heavy (non-hydrogen) atoms. The van der Waals surface area contributed by atoms with Crippen molar-refractivity contribution in [3.63, 3.8) is 0 Å². The van der Waals surface area contributed by atoms with E-state index in [1.807, 2.05) is 19.2 Å². The zero-order valence-electron chi connectivity index (χ0n) is 16.9. The zero-order valence-corrected chi connectivity index (χ0v) is 19.3. The van der Waals surface area contributed by atoms with Crippen molar-refractivity contribution in [3.8, 4) is 5.75 Å². The quantitative estimate of drug-likeness (QED) is 0.249. The Morgan fingerprint density at radius 3 is 2.48 bits per heavy atom. The lowest BCUT2D eigenvalue weighted by atomic mass is 10.2. The maximum absolute atomic E-state index is 5.61. The molecule has 0 spiro atoms. The van der Waals surface area contributed by atoms with Gasteiger partial charge in [-0.05, 0) is 25.0 Å². The van der Waals surface area contributed by atoms with Gasteiger partial charge in [0.25, 0.3) is 0 Å². The third-order valence-electron chi connectivity index (χ3n) is 4.61. The molecule has 0 bridgehead atoms. The first kappa shape index (κ1) is 23.8. The van der Waals surface area contributed by atoms with Gasteiger partial charge in [-0.3, -0.25) is 4.99 Å². The van der Waals surface area contributed by atoms with Gasteiger partial charge in [0.1, 0.15) is 5.75 Å². The molecule has 6 nitrogen and oxygen atoms in total. The number of halogens is 1. The molecule has 0 aromatic heterocycles. The Bertz CT molecular complexity index is 549. The molecule has 1 heterocycles. The maximum atomic E-state index is 5.61. The number of hydrogen-bond acceptors (Lipinski definition) is 4. The van der Waals surface area contributed by atoms with Crippen LogP contribution in [0.4, 0.5) is 5.69 Å². The summed E-state index contributed by atoms with van der Waals surface area (Å²) in [5, 5.41) is 3.46. The second-order valence-electron chi connectivity index (χ2n) is 6.44. The van der Waals surface area contributed by atoms with Crippen molar-refractivity contribution in [1.82, 2.24) is 10.2 Å². The number of para-hydroxylation sites is 2. The Morgan fingerprint density at radius 2 is 1.81 bits per heavy atom. The first-order chi connectivity index (χ1) is 12.8. The lowest BCUT2D eigenvalue weighted by molar-refractivity contribution is 0.129. The van der Waals surface area contributed by atoms with Crippen molar-refractivity contribution in [3.05, 3.63) is 24.3 Å². The third kappa shape index (κ3) is 7.73. The molecular formula is C20H35IN4O2. The molecule has 1 fully saturated rings. The van der Waals surface area contributed by atoms with E-state index in [4.69, 9.17) is 9.47 Å². The van der Waals surface area contributed by atoms with Gasteiger partial charge < -0.3 is 24.6 Å². The van der Waals surface area contributed by atoms with Crippen LogP contribution in [0, 0.1) is 0 Å². The average molecular weight is 490 g/mol. The molecule has 0 aliphatic carbocycles. The number of nitrogens with one attached hydrogen (secondary N) is 1. The minimum absolute atomic E-state index is 0. The number of methoxy groups -OCH3 is 1. The highest BCUT2D eigenvalue weighted by molar-refractivity contribution is 14.0. The van der Waals surface area contributed by atoms with E-state index in [1.54, 1.807) is 7.11 Å². The number of unbranched alkanes of at least 4 members (excludes halogenated alkanes) is 1. The normalized spacial score (nSPS) is 14.7. The van der Waals surface area contributed by atoms with Crippen molar-refractivity contribution in [2.45, 2.75) is 26.2 Å². The number of aliphatic imine (C=N–C) groups is 1. The Hall–Kier alpha value is -1.22. The zero-order chi connectivity index (χ0) is 18.6. The highest BCUT2D eigenvalue weighted by Gasteiger charge is 2.21. The summed E-state index contributed by atoms with van der Waals surface area (Å²) in [4.78, 5) is 9.14. The molecule has 0 unspecified atom stereocenters. The van der Waals surface area contributed by atoms with Gasteiger partial charge in [-0.1, -0.05) is 25.5 Å². The number of rotatable bonds is 9. The first-order valence-electron chi connectivity index (χ1n) is 9.71. The SMILES string of the molecule is CCCCOCCCNC(=NC)N1CCN(c2ccccc2OC)CC1.I. The van der Waals surface area contributed by atoms with Gasteiger partial charge in [-0.2, -0.15) is 0 Å². The van der Waals surface area contributed by atoms with Crippen LogP contribution in [-0.2, 0) is 4.74 Å². The predicted molar refractivity (Wildman–Crippen MR) is 124 cm³/mol. The second kappa shape index (κ2) is 13.9. The Balaban J connectivity index is 0.00000364. The van der Waals surface area contributed by atoms with Gasteiger partial charge >= 0.3 is 0 Å². The van der Waals surface area contributed by atoms with Gasteiger partial charge in [-0.15, -0.1) is 24.0 Å². The van der Waals surface area contributed by atoms with E-state index in [2.05, 4.69) is 39.2 Å². The molecule has 154 valence electrons. The largest absolute Gasteiger partial charge is 0.495 e. The first-order valence-corrected chi connectivity index (χ1v) is 9.71. The summed E-state index contributed by atoms with van der Waals surface area (Å²) < 4.78 is 11.1. The fraction of sp³-hybridized carbons (Fsp3) is 0.650. The van der Waals surface area contributed by atoms with Crippen molar-refractivity contribution in [2.24, 2.45) is 4.99 Å². The van der Waals surface area contributed by atoms with Gasteiger partial charge in [0.2, 0.25) is 0 Å². The summed E-state index contributed by atoms with van der Waals surface area (Å²) in [6, 6.07) is 8.22. The molecule has 0 atom stereocenters. The van der Waals surface area contributed by atoms with Crippen LogP contribution in [0.15, 0.2) is 29.3 Å². The summed E-state index contributed by atoms with van der Waals surface area (Å²) in [7, 11) is 3.58. The van der Waals surface area contributed by atoms with Gasteiger partial charge in [0, 0.05) is 53.0 Å². The molecule has 0 saturated carbocycles. The van der Waals surface area contributed by atoms with Gasteiger partial charge in [0.05, 0.1) is 12.8 Å². The second-order valence-corrected chi connectivity index (χ2v) is 6.44. The van der Waals surface area contributed by atoms with E-state index in [-0.39, 0.29) is 24.0 Å². The number of anilines is 1. The van der Waals surface area contributed by atoms with Crippen LogP contribution in [0.5, 0.6) is 5.75 Å². The highest BCUT2D eigenvalue weighted by Crippen LogP contribution is 2.28. The van der Waals surface area contributed by atoms with E-state index >= 15 is 0 Å². The highest BCUT2D eigenvalue weighted by atomic mass is 127. The Morgan fingerprint density at radius 1 is 1.11 bits per heavy atom. The number of benzene rings is 1. The summed E-state index contributed by atoms with van der Waals surface area (Å²) in [5.74, 6) is 1.92. The lowest BCUT2D eigenvalue weighted by Gasteiger charge is -2.38. The number of piperazine rings is 1. The summed E-state index contributed by atoms with van der Waals surface area (Å²) in [5.41, 5.74) is 1.17. The van der Waals surface area contributed by atoms with Crippen LogP contribution in [0.2, 0.25) is 0 Å². The average Bonchev–Trinajstić information content (AvgIpc) is 2.70. The predicted octanol–water partition coefficient (Wildman–Crippen LogP) is 3.22. The molecule has 1 aliphatic heterocycles. The van der Waals surface area contributed by atoms with Crippen LogP contribution in [0.3, 0.4) is 0 Å². The van der Waals surface area contributed by atoms with Gasteiger partial charge in [0.15, 0.2) is 5.96 Å². The number of nitrogens with zero attached hydrogens (tertiary/aromatic N) is 3. The van der Waals surface area contributed by atoms with Crippen LogP contribution >= 0.6 is 24.0 Å². The maximum Gasteiger partial charge on any atom is 0.193 e. The molecule has 0 amide bonds. The summed E-state index contributed by atoms with van der Waals surface area (Å²) >= 11 is 0. The van der Waals surface area contributed by atoms with Crippen LogP contribution in [0.1, 0.15) is 26.2 Å². The summed E-state index contributed by atoms with van der Waals surface area (Å²) in [6.07, 6.45) is 3.33. The fourth-order valence-electron chi connectivity index (χ4n) is 3.11. The fourth-order valence-corrected chi connectivity index (χ4v) is 3.11. The molecule has 1 N–H and O–H groups in total. The van der Waals surface area contributed by atoms with Crippen molar-refractivity contribution in [2.75, 3.05) is 65.0 Å². The topological polar surface area (TPSA) is 49.3 Å². The van der Waals surface area contributed by atoms with Gasteiger partial charge in [-0.25, -0.2) is 0 Å². The van der Waals surface area contributed by atoms with Crippen molar-refractivity contribution < 1.29 is 9.47 Å². The molecular weight excluding hydrogens is 455 g/mol. The molecule has 1 saturated heterocycles. The minimum Gasteiger partial charge on any atom is -0.495 e. The molecule has 2 rings (SSSR count). The third-order valence-corrected chi connectivity index (χ3v) is 4.61. The smallest absolute Gasteiger partial charge is 0.193 e. The Labute approximate surface area is 181 Å². The molecule has 1 aromatic carbocycles. The van der Waals surface area contributed by atoms with E-state index in [0.29, 0.717) is 0 Å². The van der Waals surface area contributed by atoms with E-state index in [9.17, 15) is 0 Å². The molecule has 7 heteroatoms. The van der Waals surface area contributed by atoms with Crippen LogP contribution < -0.4 is 15.0 Å². The molecule has 1 aromatic rings. The monoisotopic (exact) mass is 490 g/mol. The molecule has 0 radical (unpaired) electrons. The Kier molecular flexibility index (Phi) is 12.2. The van der Waals surface area contributed by atoms with Crippen LogP contribution in [0.25, 0.3) is 0 Å². The summed E-state index contributed by atoms with van der Waals surface area (Å²) in [6.45, 7) is 8.58. The lowest BCUT2D eigenvalue weighted by Crippen LogP contribution is -2.52. The number of ether oxygens (including phenoxy) is 2. The minimum atomic E-state index is 0. The van der Waals surface area contributed by atoms with Crippen LogP contribution in [-0.4, -0.2) is 71.0 Å². The number of hydrogen-bond donors (Lipinski definition) is 1. The van der Waals surface area contributed by atoms with Crippen molar-refractivity contribution in [1.29, 1.82) is 0 Å². The van der Waals surface area contributed by atoms with E-state index in [1.165, 1.54) is 12.1 Å². The molecule has 1 aliphatic rings. The van der Waals surface area contributed by atoms with E-state index in [0.717, 1.165) is 70.5 Å². The van der Waals surface area contributed by atoms with E-state index < -0.39 is 0 Å². The van der Waals surface area contributed by atoms with Crippen molar-refractivity contribution >= 4 is 35.6 Å². The standard InChI is InChI=1S/C20H34N4O2.HI/c1-4-5-16-26-17-8-11-22-20(21-2)24-14-12-23(13-15-24)18-9-6-7-10-19(18)25-3;/h6-7,9-10H,4-5,8,11-17H2,1-3H3,(H,21,22);1H.